The quantitative estimate of drug-likeness (QED) is 0.475. The van der Waals surface area contributed by atoms with Crippen LogP contribution in [0.4, 0.5) is 5.82 Å². The number of anilines is 1. The maximum Gasteiger partial charge on any atom is 0.247 e. The molecule has 0 bridgehead atoms. The van der Waals surface area contributed by atoms with Crippen LogP contribution in [0.1, 0.15) is 42.5 Å². The molecule has 0 aliphatic carbocycles. The Balaban J connectivity index is 1.37. The molecule has 2 aromatic heterocycles. The first-order valence-corrected chi connectivity index (χ1v) is 11.7. The van der Waals surface area contributed by atoms with Crippen LogP contribution in [0, 0.1) is 11.3 Å². The van der Waals surface area contributed by atoms with Gasteiger partial charge in [-0.15, -0.1) is 0 Å². The Morgan fingerprint density at radius 1 is 1.17 bits per heavy atom. The molecule has 186 valence electrons. The summed E-state index contributed by atoms with van der Waals surface area (Å²) in [5.41, 5.74) is 2.42. The van der Waals surface area contributed by atoms with Gasteiger partial charge >= 0.3 is 0 Å². The van der Waals surface area contributed by atoms with Crippen LogP contribution >= 0.6 is 0 Å². The van der Waals surface area contributed by atoms with E-state index in [0.717, 1.165) is 11.1 Å². The second kappa shape index (κ2) is 11.0. The normalized spacial score (nSPS) is 14.9. The summed E-state index contributed by atoms with van der Waals surface area (Å²) in [5.74, 6) is 0.882. The second-order valence-corrected chi connectivity index (χ2v) is 8.96. The van der Waals surface area contributed by atoms with Crippen molar-refractivity contribution in [3.63, 3.8) is 0 Å². The van der Waals surface area contributed by atoms with Gasteiger partial charge in [-0.2, -0.15) is 10.4 Å². The number of aromatic nitrogens is 3. The molecule has 1 aliphatic heterocycles. The summed E-state index contributed by atoms with van der Waals surface area (Å²) < 4.78 is 7.47. The summed E-state index contributed by atoms with van der Waals surface area (Å²) >= 11 is 0. The molecule has 4 rings (SSSR count). The Labute approximate surface area is 209 Å². The van der Waals surface area contributed by atoms with Crippen molar-refractivity contribution in [2.75, 3.05) is 25.0 Å². The van der Waals surface area contributed by atoms with Crippen molar-refractivity contribution < 1.29 is 14.3 Å². The predicted molar refractivity (Wildman–Crippen MR) is 133 cm³/mol. The van der Waals surface area contributed by atoms with E-state index in [4.69, 9.17) is 10.00 Å². The minimum absolute atomic E-state index is 0.0362. The number of nitriles is 1. The first-order chi connectivity index (χ1) is 17.3. The number of carbonyl (C=O) groups is 2. The van der Waals surface area contributed by atoms with Gasteiger partial charge in [-0.3, -0.25) is 14.3 Å². The van der Waals surface area contributed by atoms with Crippen molar-refractivity contribution in [2.45, 2.75) is 31.9 Å². The molecule has 1 aliphatic rings. The third-order valence-electron chi connectivity index (χ3n) is 6.14. The number of rotatable bonds is 9. The van der Waals surface area contributed by atoms with E-state index in [1.165, 1.54) is 6.92 Å². The van der Waals surface area contributed by atoms with Crippen molar-refractivity contribution in [3.8, 4) is 11.8 Å². The number of amides is 2. The maximum absolute atomic E-state index is 13.2. The summed E-state index contributed by atoms with van der Waals surface area (Å²) in [6, 6.07) is 12.4. The van der Waals surface area contributed by atoms with Crippen molar-refractivity contribution in [2.24, 2.45) is 7.05 Å². The van der Waals surface area contributed by atoms with Gasteiger partial charge in [0, 0.05) is 32.3 Å². The van der Waals surface area contributed by atoms with Crippen molar-refractivity contribution >= 4 is 17.6 Å². The Morgan fingerprint density at radius 2 is 1.92 bits per heavy atom. The lowest BCUT2D eigenvalue weighted by Gasteiger charge is -2.38. The van der Waals surface area contributed by atoms with E-state index in [9.17, 15) is 9.59 Å². The Hall–Kier alpha value is -4.23. The molecule has 1 aromatic carbocycles. The first-order valence-electron chi connectivity index (χ1n) is 11.7. The summed E-state index contributed by atoms with van der Waals surface area (Å²) in [6.45, 7) is 5.26. The Kier molecular flexibility index (Phi) is 7.61. The zero-order valence-electron chi connectivity index (χ0n) is 20.5. The lowest BCUT2D eigenvalue weighted by Crippen LogP contribution is -2.55. The van der Waals surface area contributed by atoms with Gasteiger partial charge in [0.05, 0.1) is 37.1 Å². The molecule has 0 saturated carbocycles. The van der Waals surface area contributed by atoms with E-state index in [1.807, 2.05) is 12.1 Å². The average molecular weight is 488 g/mol. The molecule has 36 heavy (non-hydrogen) atoms. The number of benzene rings is 1. The van der Waals surface area contributed by atoms with Crippen LogP contribution in [0.3, 0.4) is 0 Å². The fraction of sp³-hybridized carbons (Fsp3) is 0.346. The van der Waals surface area contributed by atoms with Gasteiger partial charge in [-0.1, -0.05) is 19.1 Å². The van der Waals surface area contributed by atoms with Crippen LogP contribution in [0.5, 0.6) is 5.75 Å². The summed E-state index contributed by atoms with van der Waals surface area (Å²) in [4.78, 5) is 30.5. The highest BCUT2D eigenvalue weighted by Crippen LogP contribution is 2.21. The van der Waals surface area contributed by atoms with Crippen LogP contribution in [0.25, 0.3) is 0 Å². The van der Waals surface area contributed by atoms with E-state index in [2.05, 4.69) is 33.7 Å². The van der Waals surface area contributed by atoms with Gasteiger partial charge in [0.2, 0.25) is 11.8 Å². The van der Waals surface area contributed by atoms with E-state index in [1.54, 1.807) is 59.5 Å². The standard InChI is InChI=1S/C26H29N7O3/c1-17(20-6-4-19(10-27)5-7-20)11-29-25(21-12-30-32(3)14-21)26(35)31-24-9-8-22(13-28-24)36-23-15-33(16-23)18(2)34/h4-9,12-14,17,23,25,29H,11,15-16H2,1-3H3,(H,28,31,35)/t17-,25-/m1/s1. The van der Waals surface area contributed by atoms with Gasteiger partial charge in [-0.25, -0.2) is 4.98 Å². The smallest absolute Gasteiger partial charge is 0.247 e. The van der Waals surface area contributed by atoms with E-state index in [-0.39, 0.29) is 23.8 Å². The molecule has 10 heteroatoms. The molecule has 1 saturated heterocycles. The van der Waals surface area contributed by atoms with Gasteiger partial charge in [-0.05, 0) is 35.7 Å². The van der Waals surface area contributed by atoms with Crippen LogP contribution < -0.4 is 15.4 Å². The van der Waals surface area contributed by atoms with Crippen LogP contribution in [0.15, 0.2) is 55.0 Å². The topological polar surface area (TPSA) is 125 Å². The van der Waals surface area contributed by atoms with Crippen molar-refractivity contribution in [3.05, 3.63) is 71.7 Å². The summed E-state index contributed by atoms with van der Waals surface area (Å²) in [7, 11) is 1.80. The lowest BCUT2D eigenvalue weighted by atomic mass is 9.99. The molecule has 0 spiro atoms. The third-order valence-corrected chi connectivity index (χ3v) is 6.14. The van der Waals surface area contributed by atoms with Crippen molar-refractivity contribution in [1.82, 2.24) is 25.0 Å². The fourth-order valence-corrected chi connectivity index (χ4v) is 3.93. The molecule has 3 heterocycles. The highest BCUT2D eigenvalue weighted by Gasteiger charge is 2.30. The molecule has 3 aromatic rings. The van der Waals surface area contributed by atoms with Crippen LogP contribution in [-0.4, -0.2) is 57.2 Å². The average Bonchev–Trinajstić information content (AvgIpc) is 3.27. The van der Waals surface area contributed by atoms with E-state index < -0.39 is 6.04 Å². The van der Waals surface area contributed by atoms with Gasteiger partial charge < -0.3 is 20.3 Å². The molecule has 2 atom stereocenters. The first kappa shape index (κ1) is 24.9. The molecule has 2 amide bonds. The SMILES string of the molecule is CC(=O)N1CC(Oc2ccc(NC(=O)[C@H](NC[C@@H](C)c3ccc(C#N)cc3)c3cnn(C)c3)nc2)C1. The molecular weight excluding hydrogens is 458 g/mol. The van der Waals surface area contributed by atoms with Gasteiger partial charge in [0.25, 0.3) is 0 Å². The summed E-state index contributed by atoms with van der Waals surface area (Å²) in [6.07, 6.45) is 4.98. The number of aryl methyl sites for hydroxylation is 1. The van der Waals surface area contributed by atoms with Gasteiger partial charge in [0.15, 0.2) is 0 Å². The molecule has 0 unspecified atom stereocenters. The Morgan fingerprint density at radius 3 is 2.50 bits per heavy atom. The van der Waals surface area contributed by atoms with E-state index >= 15 is 0 Å². The number of hydrogen-bond acceptors (Lipinski definition) is 7. The van der Waals surface area contributed by atoms with Crippen LogP contribution in [-0.2, 0) is 16.6 Å². The fourth-order valence-electron chi connectivity index (χ4n) is 3.93. The molecule has 10 nitrogen and oxygen atoms in total. The molecule has 1 fully saturated rings. The van der Waals surface area contributed by atoms with Gasteiger partial charge in [0.1, 0.15) is 23.7 Å². The second-order valence-electron chi connectivity index (χ2n) is 8.96. The number of carbonyl (C=O) groups excluding carboxylic acids is 2. The maximum atomic E-state index is 13.2. The van der Waals surface area contributed by atoms with E-state index in [0.29, 0.717) is 36.8 Å². The monoisotopic (exact) mass is 487 g/mol. The minimum Gasteiger partial charge on any atom is -0.485 e. The van der Waals surface area contributed by atoms with Crippen LogP contribution in [0.2, 0.25) is 0 Å². The third kappa shape index (κ3) is 6.06. The summed E-state index contributed by atoms with van der Waals surface area (Å²) in [5, 5.41) is 19.4. The van der Waals surface area contributed by atoms with Crippen molar-refractivity contribution in [1.29, 1.82) is 5.26 Å². The largest absolute Gasteiger partial charge is 0.485 e. The zero-order valence-corrected chi connectivity index (χ0v) is 20.5. The molecule has 0 radical (unpaired) electrons. The number of nitrogens with zero attached hydrogens (tertiary/aromatic N) is 5. The zero-order chi connectivity index (χ0) is 25.7. The number of pyridine rings is 1. The number of nitrogens with one attached hydrogen (secondary N) is 2. The minimum atomic E-state index is -0.634. The highest BCUT2D eigenvalue weighted by molar-refractivity contribution is 5.94. The number of hydrogen-bond donors (Lipinski definition) is 2. The molecular formula is C26H29N7O3. The Bertz CT molecular complexity index is 1240. The molecule has 2 N–H and O–H groups in total. The highest BCUT2D eigenvalue weighted by atomic mass is 16.5. The lowest BCUT2D eigenvalue weighted by molar-refractivity contribution is -0.137. The number of likely N-dealkylation sites (tertiary alicyclic amines) is 1. The predicted octanol–water partition coefficient (Wildman–Crippen LogP) is 2.37. The number of ether oxygens (including phenoxy) is 1.